The molecule has 0 saturated heterocycles. The molecule has 1 aliphatic carbocycles. The highest BCUT2D eigenvalue weighted by Crippen LogP contribution is 2.27. The molecule has 0 bridgehead atoms. The van der Waals surface area contributed by atoms with Crippen LogP contribution in [0.2, 0.25) is 0 Å². The van der Waals surface area contributed by atoms with E-state index in [0.717, 1.165) is 11.8 Å². The molecule has 0 spiro atoms. The first-order chi connectivity index (χ1) is 7.22. The molecular formula is C13H27NS. The molecule has 1 fully saturated rings. The van der Waals surface area contributed by atoms with Gasteiger partial charge >= 0.3 is 0 Å². The summed E-state index contributed by atoms with van der Waals surface area (Å²) in [5, 5.41) is 3.69. The Hall–Kier alpha value is 0.310. The van der Waals surface area contributed by atoms with Crippen molar-refractivity contribution in [3.8, 4) is 0 Å². The van der Waals surface area contributed by atoms with E-state index in [1.165, 1.54) is 43.7 Å². The first kappa shape index (κ1) is 13.4. The van der Waals surface area contributed by atoms with Crippen molar-refractivity contribution < 1.29 is 0 Å². The molecule has 15 heavy (non-hydrogen) atoms. The van der Waals surface area contributed by atoms with Crippen molar-refractivity contribution in [2.45, 2.75) is 52.5 Å². The molecule has 0 heterocycles. The van der Waals surface area contributed by atoms with Crippen molar-refractivity contribution in [1.82, 2.24) is 5.32 Å². The maximum atomic E-state index is 3.69. The third-order valence-corrected chi connectivity index (χ3v) is 4.52. The summed E-state index contributed by atoms with van der Waals surface area (Å²) >= 11 is 2.04. The van der Waals surface area contributed by atoms with Crippen molar-refractivity contribution in [3.05, 3.63) is 0 Å². The van der Waals surface area contributed by atoms with E-state index in [2.05, 4.69) is 26.1 Å². The number of hydrogen-bond acceptors (Lipinski definition) is 2. The van der Waals surface area contributed by atoms with E-state index in [1.54, 1.807) is 0 Å². The lowest BCUT2D eigenvalue weighted by atomic mass is 9.82. The SMILES string of the molecule is CCSCC(C)NCC1CCCC(C)C1. The van der Waals surface area contributed by atoms with Gasteiger partial charge in [0.05, 0.1) is 0 Å². The minimum absolute atomic E-state index is 0.687. The lowest BCUT2D eigenvalue weighted by Crippen LogP contribution is -2.34. The van der Waals surface area contributed by atoms with Crippen LogP contribution in [0.4, 0.5) is 0 Å². The average molecular weight is 229 g/mol. The molecule has 0 amide bonds. The molecule has 1 N–H and O–H groups in total. The fourth-order valence-electron chi connectivity index (χ4n) is 2.47. The van der Waals surface area contributed by atoms with Crippen molar-refractivity contribution in [2.24, 2.45) is 11.8 Å². The molecule has 0 radical (unpaired) electrons. The van der Waals surface area contributed by atoms with Crippen molar-refractivity contribution in [3.63, 3.8) is 0 Å². The molecule has 3 atom stereocenters. The summed E-state index contributed by atoms with van der Waals surface area (Å²) in [5.41, 5.74) is 0. The Kier molecular flexibility index (Phi) is 6.74. The highest BCUT2D eigenvalue weighted by Gasteiger charge is 2.18. The van der Waals surface area contributed by atoms with Crippen LogP contribution in [0.25, 0.3) is 0 Å². The van der Waals surface area contributed by atoms with Crippen LogP contribution < -0.4 is 5.32 Å². The van der Waals surface area contributed by atoms with Gasteiger partial charge in [-0.15, -0.1) is 0 Å². The van der Waals surface area contributed by atoms with E-state index < -0.39 is 0 Å². The van der Waals surface area contributed by atoms with Crippen LogP contribution in [0.1, 0.15) is 46.5 Å². The van der Waals surface area contributed by atoms with Gasteiger partial charge in [0.2, 0.25) is 0 Å². The number of thioether (sulfide) groups is 1. The lowest BCUT2D eigenvalue weighted by molar-refractivity contribution is 0.270. The second kappa shape index (κ2) is 7.56. The van der Waals surface area contributed by atoms with Crippen LogP contribution >= 0.6 is 11.8 Å². The molecule has 1 nitrogen and oxygen atoms in total. The standard InChI is InChI=1S/C13H27NS/c1-4-15-10-12(3)14-9-13-7-5-6-11(2)8-13/h11-14H,4-10H2,1-3H3. The van der Waals surface area contributed by atoms with Gasteiger partial charge in [-0.05, 0) is 43.9 Å². The minimum atomic E-state index is 0.687. The van der Waals surface area contributed by atoms with Crippen LogP contribution in [0.5, 0.6) is 0 Å². The summed E-state index contributed by atoms with van der Waals surface area (Å²) in [5.74, 6) is 4.42. The summed E-state index contributed by atoms with van der Waals surface area (Å²) in [7, 11) is 0. The molecular weight excluding hydrogens is 202 g/mol. The number of hydrogen-bond donors (Lipinski definition) is 1. The molecule has 1 aliphatic rings. The Balaban J connectivity index is 2.07. The van der Waals surface area contributed by atoms with E-state index in [9.17, 15) is 0 Å². The van der Waals surface area contributed by atoms with Gasteiger partial charge < -0.3 is 5.32 Å². The number of nitrogens with one attached hydrogen (secondary N) is 1. The van der Waals surface area contributed by atoms with Gasteiger partial charge in [-0.2, -0.15) is 11.8 Å². The Bertz CT molecular complexity index is 161. The molecule has 2 heteroatoms. The predicted octanol–water partition coefficient (Wildman–Crippen LogP) is 3.54. The van der Waals surface area contributed by atoms with E-state index >= 15 is 0 Å². The van der Waals surface area contributed by atoms with Gasteiger partial charge in [-0.3, -0.25) is 0 Å². The summed E-state index contributed by atoms with van der Waals surface area (Å²) in [6, 6.07) is 0.687. The Labute approximate surface area is 99.8 Å². The Morgan fingerprint density at radius 2 is 2.20 bits per heavy atom. The first-order valence-electron chi connectivity index (χ1n) is 6.53. The monoisotopic (exact) mass is 229 g/mol. The van der Waals surface area contributed by atoms with E-state index in [-0.39, 0.29) is 0 Å². The topological polar surface area (TPSA) is 12.0 Å². The average Bonchev–Trinajstić information content (AvgIpc) is 2.23. The number of rotatable bonds is 6. The first-order valence-corrected chi connectivity index (χ1v) is 7.69. The Morgan fingerprint density at radius 3 is 2.87 bits per heavy atom. The van der Waals surface area contributed by atoms with Crippen molar-refractivity contribution in [2.75, 3.05) is 18.1 Å². The predicted molar refractivity (Wildman–Crippen MR) is 71.6 cm³/mol. The molecule has 0 aromatic carbocycles. The van der Waals surface area contributed by atoms with E-state index in [4.69, 9.17) is 0 Å². The maximum absolute atomic E-state index is 3.69. The summed E-state index contributed by atoms with van der Waals surface area (Å²) in [4.78, 5) is 0. The van der Waals surface area contributed by atoms with Crippen LogP contribution in [-0.2, 0) is 0 Å². The largest absolute Gasteiger partial charge is 0.313 e. The molecule has 1 rings (SSSR count). The highest BCUT2D eigenvalue weighted by atomic mass is 32.2. The highest BCUT2D eigenvalue weighted by molar-refractivity contribution is 7.99. The van der Waals surface area contributed by atoms with Crippen LogP contribution in [0.3, 0.4) is 0 Å². The second-order valence-corrected chi connectivity index (χ2v) is 6.43. The van der Waals surface area contributed by atoms with Gasteiger partial charge in [-0.1, -0.05) is 26.7 Å². The normalized spacial score (nSPS) is 29.0. The van der Waals surface area contributed by atoms with Gasteiger partial charge in [0.15, 0.2) is 0 Å². The zero-order valence-electron chi connectivity index (χ0n) is 10.6. The van der Waals surface area contributed by atoms with E-state index in [1.807, 2.05) is 11.8 Å². The molecule has 0 aromatic heterocycles. The van der Waals surface area contributed by atoms with Crippen molar-refractivity contribution in [1.29, 1.82) is 0 Å². The summed E-state index contributed by atoms with van der Waals surface area (Å²) < 4.78 is 0. The van der Waals surface area contributed by atoms with Crippen LogP contribution in [0, 0.1) is 11.8 Å². The summed E-state index contributed by atoms with van der Waals surface area (Å²) in [6.07, 6.45) is 5.80. The van der Waals surface area contributed by atoms with Gasteiger partial charge in [0.25, 0.3) is 0 Å². The quantitative estimate of drug-likeness (QED) is 0.747. The molecule has 0 aromatic rings. The molecule has 1 saturated carbocycles. The third-order valence-electron chi connectivity index (χ3n) is 3.37. The smallest absolute Gasteiger partial charge is 0.0130 e. The van der Waals surface area contributed by atoms with Gasteiger partial charge in [-0.25, -0.2) is 0 Å². The second-order valence-electron chi connectivity index (χ2n) is 5.11. The minimum Gasteiger partial charge on any atom is -0.313 e. The van der Waals surface area contributed by atoms with Crippen LogP contribution in [-0.4, -0.2) is 24.1 Å². The maximum Gasteiger partial charge on any atom is 0.0130 e. The Morgan fingerprint density at radius 1 is 1.40 bits per heavy atom. The lowest BCUT2D eigenvalue weighted by Gasteiger charge is -2.28. The fourth-order valence-corrected chi connectivity index (χ4v) is 3.17. The zero-order chi connectivity index (χ0) is 11.1. The molecule has 3 unspecified atom stereocenters. The summed E-state index contributed by atoms with van der Waals surface area (Å²) in [6.45, 7) is 8.20. The zero-order valence-corrected chi connectivity index (χ0v) is 11.4. The third kappa shape index (κ3) is 5.82. The fraction of sp³-hybridized carbons (Fsp3) is 1.00. The van der Waals surface area contributed by atoms with Crippen LogP contribution in [0.15, 0.2) is 0 Å². The van der Waals surface area contributed by atoms with Gasteiger partial charge in [0.1, 0.15) is 0 Å². The van der Waals surface area contributed by atoms with Gasteiger partial charge in [0, 0.05) is 11.8 Å². The molecule has 0 aliphatic heterocycles. The van der Waals surface area contributed by atoms with E-state index in [0.29, 0.717) is 6.04 Å². The molecule has 90 valence electrons. The van der Waals surface area contributed by atoms with Crippen molar-refractivity contribution >= 4 is 11.8 Å².